The van der Waals surface area contributed by atoms with Gasteiger partial charge in [-0.15, -0.1) is 0 Å². The Labute approximate surface area is 95.4 Å². The molecule has 0 atom stereocenters. The molecule has 0 aromatic heterocycles. The predicted octanol–water partition coefficient (Wildman–Crippen LogP) is 4.56. The van der Waals surface area contributed by atoms with Gasteiger partial charge < -0.3 is 0 Å². The summed E-state index contributed by atoms with van der Waals surface area (Å²) in [4.78, 5) is 0.366. The zero-order chi connectivity index (χ0) is 11.8. The third-order valence-corrected chi connectivity index (χ3v) is 2.80. The average molecular weight is 225 g/mol. The lowest BCUT2D eigenvalue weighted by Crippen LogP contribution is -1.87. The topological polar surface area (TPSA) is 23.8 Å². The predicted molar refractivity (Wildman–Crippen MR) is 64.7 cm³/mol. The first-order valence-electron chi connectivity index (χ1n) is 4.79. The largest absolute Gasteiger partial charge is 0.206 e. The Kier molecular flexibility index (Phi) is 6.81. The fourth-order valence-electron chi connectivity index (χ4n) is 0.774. The first-order chi connectivity index (χ1) is 7.02. The molecule has 0 fully saturated rings. The van der Waals surface area contributed by atoms with Crippen LogP contribution in [0.4, 0.5) is 4.39 Å². The van der Waals surface area contributed by atoms with Gasteiger partial charge in [0.1, 0.15) is 11.2 Å². The van der Waals surface area contributed by atoms with Crippen molar-refractivity contribution in [1.29, 1.82) is 5.26 Å². The Bertz CT molecular complexity index is 332. The number of thiocyanates is 1. The summed E-state index contributed by atoms with van der Waals surface area (Å²) in [6.45, 7) is 7.78. The highest BCUT2D eigenvalue weighted by molar-refractivity contribution is 8.07. The lowest BCUT2D eigenvalue weighted by molar-refractivity contribution is 0.662. The van der Waals surface area contributed by atoms with E-state index in [-0.39, 0.29) is 5.83 Å². The first kappa shape index (κ1) is 14.0. The fraction of sp³-hybridized carbons (Fsp3) is 0.417. The first-order valence-corrected chi connectivity index (χ1v) is 5.61. The molecule has 0 bridgehead atoms. The molecule has 0 saturated carbocycles. The Morgan fingerprint density at radius 1 is 1.40 bits per heavy atom. The van der Waals surface area contributed by atoms with E-state index >= 15 is 0 Å². The minimum absolute atomic E-state index is 0.357. The van der Waals surface area contributed by atoms with Crippen molar-refractivity contribution in [2.24, 2.45) is 5.92 Å². The summed E-state index contributed by atoms with van der Waals surface area (Å²) in [6, 6.07) is 0. The second-order valence-electron chi connectivity index (χ2n) is 3.43. The SMILES string of the molecule is C\C=C(SC#N)/C(F)=C\C=C(/C)C(C)C. The number of halogens is 1. The second-order valence-corrected chi connectivity index (χ2v) is 4.25. The van der Waals surface area contributed by atoms with Gasteiger partial charge in [0.25, 0.3) is 0 Å². The van der Waals surface area contributed by atoms with Gasteiger partial charge in [-0.2, -0.15) is 5.26 Å². The Morgan fingerprint density at radius 2 is 2.00 bits per heavy atom. The Morgan fingerprint density at radius 3 is 2.40 bits per heavy atom. The zero-order valence-corrected chi connectivity index (χ0v) is 10.4. The minimum Gasteiger partial charge on any atom is -0.206 e. The molecule has 0 rings (SSSR count). The van der Waals surface area contributed by atoms with Gasteiger partial charge in [-0.25, -0.2) is 4.39 Å². The molecule has 1 nitrogen and oxygen atoms in total. The van der Waals surface area contributed by atoms with Crippen molar-refractivity contribution in [3.63, 3.8) is 0 Å². The van der Waals surface area contributed by atoms with Crippen LogP contribution in [0.5, 0.6) is 0 Å². The second kappa shape index (κ2) is 7.30. The zero-order valence-electron chi connectivity index (χ0n) is 9.54. The number of hydrogen-bond acceptors (Lipinski definition) is 2. The van der Waals surface area contributed by atoms with E-state index in [4.69, 9.17) is 5.26 Å². The summed E-state index contributed by atoms with van der Waals surface area (Å²) in [5, 5.41) is 10.3. The van der Waals surface area contributed by atoms with Crippen LogP contribution in [-0.4, -0.2) is 0 Å². The van der Waals surface area contributed by atoms with Crippen molar-refractivity contribution >= 4 is 11.8 Å². The molecule has 0 heterocycles. The molecule has 0 aromatic rings. The van der Waals surface area contributed by atoms with Gasteiger partial charge in [0.15, 0.2) is 0 Å². The summed E-state index contributed by atoms with van der Waals surface area (Å²) in [5.41, 5.74) is 1.11. The smallest absolute Gasteiger partial charge is 0.138 e. The molecule has 0 aliphatic rings. The quantitative estimate of drug-likeness (QED) is 0.517. The van der Waals surface area contributed by atoms with Gasteiger partial charge in [0.2, 0.25) is 0 Å². The van der Waals surface area contributed by atoms with E-state index in [1.165, 1.54) is 6.08 Å². The highest BCUT2D eigenvalue weighted by Gasteiger charge is 2.02. The molecule has 0 saturated heterocycles. The molecule has 82 valence electrons. The van der Waals surface area contributed by atoms with E-state index in [1.807, 2.05) is 12.3 Å². The molecular weight excluding hydrogens is 209 g/mol. The molecule has 0 aliphatic heterocycles. The van der Waals surface area contributed by atoms with Crippen LogP contribution in [-0.2, 0) is 0 Å². The van der Waals surface area contributed by atoms with Crippen molar-refractivity contribution in [1.82, 2.24) is 0 Å². The summed E-state index contributed by atoms with van der Waals surface area (Å²) >= 11 is 0.839. The third-order valence-electron chi connectivity index (χ3n) is 2.06. The van der Waals surface area contributed by atoms with Crippen LogP contribution in [0.3, 0.4) is 0 Å². The van der Waals surface area contributed by atoms with Gasteiger partial charge in [-0.1, -0.05) is 31.6 Å². The number of rotatable bonds is 4. The fourth-order valence-corrected chi connectivity index (χ4v) is 1.16. The van der Waals surface area contributed by atoms with E-state index in [1.54, 1.807) is 19.1 Å². The summed E-state index contributed by atoms with van der Waals surface area (Å²) in [6.07, 6.45) is 4.76. The van der Waals surface area contributed by atoms with Gasteiger partial charge in [0, 0.05) is 0 Å². The molecular formula is C12H16FNS. The normalized spacial score (nSPS) is 14.3. The highest BCUT2D eigenvalue weighted by atomic mass is 32.2. The number of nitrogens with zero attached hydrogens (tertiary/aromatic N) is 1. The molecule has 15 heavy (non-hydrogen) atoms. The van der Waals surface area contributed by atoms with Gasteiger partial charge in [-0.3, -0.25) is 0 Å². The van der Waals surface area contributed by atoms with Crippen molar-refractivity contribution in [3.8, 4) is 5.40 Å². The number of thioether (sulfide) groups is 1. The van der Waals surface area contributed by atoms with Crippen molar-refractivity contribution in [2.45, 2.75) is 27.7 Å². The van der Waals surface area contributed by atoms with E-state index in [9.17, 15) is 4.39 Å². The van der Waals surface area contributed by atoms with Crippen LogP contribution >= 0.6 is 11.8 Å². The van der Waals surface area contributed by atoms with Crippen molar-refractivity contribution in [2.75, 3.05) is 0 Å². The van der Waals surface area contributed by atoms with Crippen LogP contribution in [0.1, 0.15) is 27.7 Å². The maximum absolute atomic E-state index is 13.5. The molecule has 0 radical (unpaired) electrons. The molecule has 0 aromatic carbocycles. The molecule has 3 heteroatoms. The molecule has 0 N–H and O–H groups in total. The third kappa shape index (κ3) is 5.44. The number of hydrogen-bond donors (Lipinski definition) is 0. The van der Waals surface area contributed by atoms with Crippen LogP contribution in [0.2, 0.25) is 0 Å². The van der Waals surface area contributed by atoms with E-state index < -0.39 is 0 Å². The maximum atomic E-state index is 13.5. The summed E-state index contributed by atoms with van der Waals surface area (Å²) < 4.78 is 13.5. The number of nitriles is 1. The Hall–Kier alpha value is -1.01. The van der Waals surface area contributed by atoms with E-state index in [2.05, 4.69) is 13.8 Å². The van der Waals surface area contributed by atoms with Crippen LogP contribution < -0.4 is 0 Å². The van der Waals surface area contributed by atoms with Gasteiger partial charge in [0.05, 0.1) is 4.91 Å². The van der Waals surface area contributed by atoms with E-state index in [0.29, 0.717) is 10.8 Å². The Balaban J connectivity index is 4.71. The molecule has 0 aliphatic carbocycles. The maximum Gasteiger partial charge on any atom is 0.138 e. The number of allylic oxidation sites excluding steroid dienone is 5. The minimum atomic E-state index is -0.357. The van der Waals surface area contributed by atoms with Gasteiger partial charge >= 0.3 is 0 Å². The lowest BCUT2D eigenvalue weighted by Gasteiger charge is -2.02. The van der Waals surface area contributed by atoms with Crippen LogP contribution in [0.25, 0.3) is 0 Å². The summed E-state index contributed by atoms with van der Waals surface area (Å²) in [7, 11) is 0. The standard InChI is InChI=1S/C12H16FNS/c1-5-12(15-8-14)11(13)7-6-10(4)9(2)3/h5-7,9H,1-4H3/b10-6+,11-7+,12-5+. The van der Waals surface area contributed by atoms with Gasteiger partial charge in [-0.05, 0) is 37.6 Å². The van der Waals surface area contributed by atoms with Crippen molar-refractivity contribution in [3.05, 3.63) is 34.5 Å². The lowest BCUT2D eigenvalue weighted by atomic mass is 10.1. The van der Waals surface area contributed by atoms with Crippen molar-refractivity contribution < 1.29 is 4.39 Å². The summed E-state index contributed by atoms with van der Waals surface area (Å²) in [5.74, 6) is 0.0516. The highest BCUT2D eigenvalue weighted by Crippen LogP contribution is 2.24. The molecule has 0 amide bonds. The average Bonchev–Trinajstić information content (AvgIpc) is 2.21. The van der Waals surface area contributed by atoms with E-state index in [0.717, 1.165) is 17.3 Å². The van der Waals surface area contributed by atoms with Crippen LogP contribution in [0, 0.1) is 16.6 Å². The molecule has 0 spiro atoms. The molecule has 0 unspecified atom stereocenters. The van der Waals surface area contributed by atoms with Crippen LogP contribution in [0.15, 0.2) is 34.5 Å². The monoisotopic (exact) mass is 225 g/mol.